The summed E-state index contributed by atoms with van der Waals surface area (Å²) in [5.74, 6) is 0.755. The first kappa shape index (κ1) is 24.1. The Hall–Kier alpha value is -1.19. The molecule has 2 aliphatic rings. The topological polar surface area (TPSA) is 95.3 Å². The minimum atomic E-state index is -0.401. The number of carbonyl (C=O) groups excluding carboxylic acids is 1. The molecule has 2 aromatic rings. The minimum absolute atomic E-state index is 0. The predicted molar refractivity (Wildman–Crippen MR) is 122 cm³/mol. The van der Waals surface area contributed by atoms with Crippen LogP contribution in [0.25, 0.3) is 10.2 Å². The van der Waals surface area contributed by atoms with Crippen LogP contribution in [0.5, 0.6) is 0 Å². The average Bonchev–Trinajstić information content (AvgIpc) is 3.06. The summed E-state index contributed by atoms with van der Waals surface area (Å²) in [5.41, 5.74) is 7.08. The zero-order valence-electron chi connectivity index (χ0n) is 16.6. The SMILES string of the molecule is CC[C@H](N)C(=O)N1CCN(Cc2nc3sc4c(c3c(=O)[nH]2)CCCC4)CC1.Cl.Cl. The number of nitrogens with two attached hydrogens (primary N) is 1. The fraction of sp³-hybridized carbons (Fsp3) is 0.632. The molecule has 0 radical (unpaired) electrons. The van der Waals surface area contributed by atoms with Gasteiger partial charge in [0.2, 0.25) is 5.91 Å². The average molecular weight is 462 g/mol. The van der Waals surface area contributed by atoms with Gasteiger partial charge >= 0.3 is 0 Å². The molecule has 0 spiro atoms. The van der Waals surface area contributed by atoms with Gasteiger partial charge in [-0.15, -0.1) is 36.2 Å². The van der Waals surface area contributed by atoms with Gasteiger partial charge in [0.25, 0.3) is 5.56 Å². The number of aromatic nitrogens is 2. The number of carbonyl (C=O) groups is 1. The summed E-state index contributed by atoms with van der Waals surface area (Å²) in [6.07, 6.45) is 5.09. The molecule has 0 bridgehead atoms. The molecule has 3 N–H and O–H groups in total. The first-order valence-corrected chi connectivity index (χ1v) is 10.7. The second kappa shape index (κ2) is 10.2. The molecule has 29 heavy (non-hydrogen) atoms. The van der Waals surface area contributed by atoms with Gasteiger partial charge in [0.15, 0.2) is 0 Å². The third kappa shape index (κ3) is 4.94. The van der Waals surface area contributed by atoms with E-state index in [2.05, 4.69) is 9.88 Å². The van der Waals surface area contributed by atoms with E-state index in [1.54, 1.807) is 11.3 Å². The number of nitrogens with one attached hydrogen (secondary N) is 1. The van der Waals surface area contributed by atoms with E-state index in [-0.39, 0.29) is 36.3 Å². The molecular formula is C19H29Cl2N5O2S. The molecule has 0 saturated carbocycles. The Bertz CT molecular complexity index is 908. The maximum atomic E-state index is 12.6. The lowest BCUT2D eigenvalue weighted by molar-refractivity contribution is -0.134. The number of piperazine rings is 1. The number of rotatable bonds is 4. The zero-order chi connectivity index (χ0) is 19.0. The highest BCUT2D eigenvalue weighted by molar-refractivity contribution is 7.18. The quantitative estimate of drug-likeness (QED) is 0.726. The third-order valence-electron chi connectivity index (χ3n) is 5.69. The van der Waals surface area contributed by atoms with E-state index in [0.29, 0.717) is 26.1 Å². The van der Waals surface area contributed by atoms with Crippen LogP contribution in [0.15, 0.2) is 4.79 Å². The van der Waals surface area contributed by atoms with Crippen molar-refractivity contribution in [3.8, 4) is 0 Å². The summed E-state index contributed by atoms with van der Waals surface area (Å²) in [7, 11) is 0. The number of amides is 1. The third-order valence-corrected chi connectivity index (χ3v) is 6.87. The molecule has 1 aliphatic heterocycles. The molecule has 1 atom stereocenters. The monoisotopic (exact) mass is 461 g/mol. The predicted octanol–water partition coefficient (Wildman–Crippen LogP) is 2.09. The van der Waals surface area contributed by atoms with E-state index in [1.807, 2.05) is 11.8 Å². The fourth-order valence-electron chi connectivity index (χ4n) is 4.03. The minimum Gasteiger partial charge on any atom is -0.339 e. The van der Waals surface area contributed by atoms with E-state index in [9.17, 15) is 9.59 Å². The molecular weight excluding hydrogens is 433 g/mol. The van der Waals surface area contributed by atoms with Crippen molar-refractivity contribution >= 4 is 52.3 Å². The number of H-pyrrole nitrogens is 1. The molecule has 2 aromatic heterocycles. The van der Waals surface area contributed by atoms with Crippen LogP contribution < -0.4 is 11.3 Å². The number of thiophene rings is 1. The molecule has 0 unspecified atom stereocenters. The van der Waals surface area contributed by atoms with Crippen LogP contribution >= 0.6 is 36.2 Å². The Morgan fingerprint density at radius 3 is 2.59 bits per heavy atom. The van der Waals surface area contributed by atoms with Crippen molar-refractivity contribution in [1.29, 1.82) is 0 Å². The summed E-state index contributed by atoms with van der Waals surface area (Å²) < 4.78 is 0. The van der Waals surface area contributed by atoms with Crippen LogP contribution in [-0.2, 0) is 24.2 Å². The summed E-state index contributed by atoms with van der Waals surface area (Å²) in [6, 6.07) is -0.401. The van der Waals surface area contributed by atoms with E-state index in [1.165, 1.54) is 16.9 Å². The highest BCUT2D eigenvalue weighted by atomic mass is 35.5. The highest BCUT2D eigenvalue weighted by Gasteiger charge is 2.25. The molecule has 3 heterocycles. The lowest BCUT2D eigenvalue weighted by Crippen LogP contribution is -2.52. The van der Waals surface area contributed by atoms with Crippen molar-refractivity contribution in [2.45, 2.75) is 51.6 Å². The second-order valence-electron chi connectivity index (χ2n) is 7.52. The van der Waals surface area contributed by atoms with Crippen LogP contribution in [0.2, 0.25) is 0 Å². The van der Waals surface area contributed by atoms with Crippen molar-refractivity contribution in [1.82, 2.24) is 19.8 Å². The van der Waals surface area contributed by atoms with Gasteiger partial charge in [-0.25, -0.2) is 4.98 Å². The molecule has 0 aromatic carbocycles. The van der Waals surface area contributed by atoms with Crippen molar-refractivity contribution in [2.24, 2.45) is 5.73 Å². The Morgan fingerprint density at radius 2 is 1.90 bits per heavy atom. The van der Waals surface area contributed by atoms with E-state index < -0.39 is 6.04 Å². The van der Waals surface area contributed by atoms with Gasteiger partial charge in [-0.3, -0.25) is 14.5 Å². The van der Waals surface area contributed by atoms with E-state index >= 15 is 0 Å². The first-order valence-electron chi connectivity index (χ1n) is 9.87. The number of hydrogen-bond acceptors (Lipinski definition) is 6. The van der Waals surface area contributed by atoms with Crippen molar-refractivity contribution in [3.63, 3.8) is 0 Å². The van der Waals surface area contributed by atoms with Gasteiger partial charge < -0.3 is 15.6 Å². The lowest BCUT2D eigenvalue weighted by Gasteiger charge is -2.35. The van der Waals surface area contributed by atoms with Gasteiger partial charge in [0.1, 0.15) is 10.7 Å². The van der Waals surface area contributed by atoms with E-state index in [4.69, 9.17) is 10.7 Å². The van der Waals surface area contributed by atoms with Gasteiger partial charge in [0.05, 0.1) is 18.0 Å². The van der Waals surface area contributed by atoms with Crippen LogP contribution in [0.4, 0.5) is 0 Å². The number of aryl methyl sites for hydroxylation is 2. The van der Waals surface area contributed by atoms with E-state index in [0.717, 1.165) is 48.4 Å². The summed E-state index contributed by atoms with van der Waals surface area (Å²) in [6.45, 7) is 5.42. The fourth-order valence-corrected chi connectivity index (χ4v) is 5.31. The molecule has 10 heteroatoms. The Morgan fingerprint density at radius 1 is 1.21 bits per heavy atom. The molecule has 7 nitrogen and oxygen atoms in total. The standard InChI is InChI=1S/C19H27N5O2S.2ClH/c1-2-13(20)19(26)24-9-7-23(8-10-24)11-15-21-17(25)16-12-5-3-4-6-14(12)27-18(16)22-15;;/h13H,2-11,20H2,1H3,(H,21,22,25);2*1H/t13-;;/m0../s1. The normalized spacial score (nSPS) is 17.9. The highest BCUT2D eigenvalue weighted by Crippen LogP contribution is 2.33. The van der Waals surface area contributed by atoms with Gasteiger partial charge in [0, 0.05) is 31.1 Å². The van der Waals surface area contributed by atoms with Gasteiger partial charge in [-0.2, -0.15) is 0 Å². The Balaban J connectivity index is 0.00000150. The molecule has 1 saturated heterocycles. The lowest BCUT2D eigenvalue weighted by atomic mass is 9.97. The molecule has 1 fully saturated rings. The first-order chi connectivity index (χ1) is 13.1. The second-order valence-corrected chi connectivity index (χ2v) is 8.60. The number of aromatic amines is 1. The number of fused-ring (bicyclic) bond motifs is 3. The Labute approximate surface area is 186 Å². The summed E-state index contributed by atoms with van der Waals surface area (Å²) in [4.78, 5) is 38.9. The maximum Gasteiger partial charge on any atom is 0.259 e. The van der Waals surface area contributed by atoms with Crippen molar-refractivity contribution in [3.05, 3.63) is 26.6 Å². The molecule has 1 aliphatic carbocycles. The van der Waals surface area contributed by atoms with Crippen LogP contribution in [0, 0.1) is 0 Å². The summed E-state index contributed by atoms with van der Waals surface area (Å²) >= 11 is 1.68. The van der Waals surface area contributed by atoms with Crippen LogP contribution in [0.3, 0.4) is 0 Å². The molecule has 162 valence electrons. The van der Waals surface area contributed by atoms with Crippen LogP contribution in [-0.4, -0.2) is 57.9 Å². The maximum absolute atomic E-state index is 12.6. The largest absolute Gasteiger partial charge is 0.339 e. The number of hydrogen-bond donors (Lipinski definition) is 2. The van der Waals surface area contributed by atoms with Gasteiger partial charge in [-0.05, 0) is 37.7 Å². The summed E-state index contributed by atoms with van der Waals surface area (Å²) in [5, 5.41) is 0.808. The Kier molecular flexibility index (Phi) is 8.48. The number of halogens is 2. The van der Waals surface area contributed by atoms with Crippen molar-refractivity contribution in [2.75, 3.05) is 26.2 Å². The van der Waals surface area contributed by atoms with Crippen molar-refractivity contribution < 1.29 is 4.79 Å². The van der Waals surface area contributed by atoms with Gasteiger partial charge in [-0.1, -0.05) is 6.92 Å². The van der Waals surface area contributed by atoms with Crippen LogP contribution in [0.1, 0.15) is 42.5 Å². The number of nitrogens with zero attached hydrogens (tertiary/aromatic N) is 3. The zero-order valence-corrected chi connectivity index (χ0v) is 19.1. The molecule has 1 amide bonds. The smallest absolute Gasteiger partial charge is 0.259 e. The molecule has 4 rings (SSSR count).